The van der Waals surface area contributed by atoms with Crippen molar-refractivity contribution in [3.05, 3.63) is 120 Å². The van der Waals surface area contributed by atoms with Crippen LogP contribution in [0, 0.1) is 6.92 Å². The van der Waals surface area contributed by atoms with Crippen LogP contribution in [0.15, 0.2) is 91.5 Å². The Morgan fingerprint density at radius 2 is 1.14 bits per heavy atom. The van der Waals surface area contributed by atoms with Gasteiger partial charge in [-0.05, 0) is 93.8 Å². The van der Waals surface area contributed by atoms with Gasteiger partial charge in [0, 0.05) is 124 Å². The van der Waals surface area contributed by atoms with Crippen molar-refractivity contribution in [3.8, 4) is 5.75 Å². The number of thioether (sulfide) groups is 1. The van der Waals surface area contributed by atoms with Gasteiger partial charge in [0.25, 0.3) is 0 Å². The lowest BCUT2D eigenvalue weighted by atomic mass is 9.99. The number of nitrogens with two attached hydrogens (primary N) is 3. The van der Waals surface area contributed by atoms with Gasteiger partial charge in [0.1, 0.15) is 90.3 Å². The highest BCUT2D eigenvalue weighted by Gasteiger charge is 2.47. The molecular formula is C88H120N22O21S. The van der Waals surface area contributed by atoms with Crippen molar-refractivity contribution in [3.63, 3.8) is 0 Å². The average Bonchev–Trinajstić information content (AvgIpc) is 1.40. The van der Waals surface area contributed by atoms with Crippen LogP contribution in [-0.2, 0) is 112 Å². The fourth-order valence-corrected chi connectivity index (χ4v) is 17.1. The Morgan fingerprint density at radius 3 is 1.78 bits per heavy atom. The minimum Gasteiger partial charge on any atom is -0.508 e. The number of phenolic OH excluding ortho intramolecular Hbond substituents is 1. The topological polar surface area (TPSA) is 643 Å². The Labute approximate surface area is 765 Å². The zero-order valence-electron chi connectivity index (χ0n) is 74.9. The molecule has 0 radical (unpaired) electrons. The van der Waals surface area contributed by atoms with Crippen molar-refractivity contribution in [2.75, 3.05) is 58.9 Å². The quantitative estimate of drug-likeness (QED) is 0.0294. The molecule has 0 spiro atoms. The summed E-state index contributed by atoms with van der Waals surface area (Å²) in [4.78, 5) is 279. The van der Waals surface area contributed by atoms with E-state index in [2.05, 4.69) is 73.1 Å². The van der Waals surface area contributed by atoms with Crippen LogP contribution in [0.5, 0.6) is 5.75 Å². The van der Waals surface area contributed by atoms with Gasteiger partial charge in [0.2, 0.25) is 106 Å². The van der Waals surface area contributed by atoms with Crippen LogP contribution in [-0.4, -0.2) is 316 Å². The first-order valence-electron chi connectivity index (χ1n) is 43.8. The van der Waals surface area contributed by atoms with Gasteiger partial charge in [-0.1, -0.05) is 88.1 Å². The number of primary amides is 3. The summed E-state index contributed by atoms with van der Waals surface area (Å²) in [6.45, 7) is 5.42. The Balaban J connectivity index is 1.09. The second kappa shape index (κ2) is 47.9. The predicted octanol–water partition coefficient (Wildman–Crippen LogP) is -3.64. The third-order valence-corrected chi connectivity index (χ3v) is 24.8. The van der Waals surface area contributed by atoms with E-state index in [1.54, 1.807) is 61.7 Å². The molecule has 18 amide bonds. The fourth-order valence-electron chi connectivity index (χ4n) is 16.3. The maximum atomic E-state index is 15.7. The van der Waals surface area contributed by atoms with Crippen molar-refractivity contribution < 1.29 is 102 Å². The number of aromatic nitrogens is 4. The third-order valence-electron chi connectivity index (χ3n) is 23.8. The van der Waals surface area contributed by atoms with Crippen LogP contribution in [0.3, 0.4) is 0 Å². The predicted molar refractivity (Wildman–Crippen MR) is 480 cm³/mol. The molecule has 3 aliphatic rings. The van der Waals surface area contributed by atoms with Crippen LogP contribution in [0.25, 0.3) is 21.8 Å². The van der Waals surface area contributed by atoms with Gasteiger partial charge in [-0.2, -0.15) is 0 Å². The summed E-state index contributed by atoms with van der Waals surface area (Å²) in [5, 5.41) is 59.9. The molecule has 9 rings (SSSR count). The number of imidazole rings is 1. The molecular weight excluding hydrogens is 1730 g/mol. The largest absolute Gasteiger partial charge is 0.508 e. The number of phenols is 1. The first-order chi connectivity index (χ1) is 62.8. The van der Waals surface area contributed by atoms with Crippen LogP contribution in [0.1, 0.15) is 133 Å². The summed E-state index contributed by atoms with van der Waals surface area (Å²) in [6, 6.07) is -2.76. The third kappa shape index (κ3) is 27.3. The number of carbonyl (C=O) groups is 18. The lowest BCUT2D eigenvalue weighted by molar-refractivity contribution is -0.149. The molecule has 15 atom stereocenters. The molecule has 0 unspecified atom stereocenters. The van der Waals surface area contributed by atoms with Gasteiger partial charge in [-0.25, -0.2) is 4.98 Å². The van der Waals surface area contributed by atoms with Crippen LogP contribution in [0.2, 0.25) is 0 Å². The number of aromatic amines is 3. The van der Waals surface area contributed by atoms with Gasteiger partial charge in [0.05, 0.1) is 37.8 Å². The van der Waals surface area contributed by atoms with E-state index < -0.39 is 254 Å². The number of amides is 18. The molecule has 43 nitrogen and oxygen atoms in total. The number of nitrogens with zero attached hydrogens (tertiary/aromatic N) is 6. The molecule has 3 aromatic carbocycles. The molecule has 6 aromatic rings. The summed E-state index contributed by atoms with van der Waals surface area (Å²) in [5.41, 5.74) is 20.2. The highest BCUT2D eigenvalue weighted by atomic mass is 32.2. The molecule has 22 N–H and O–H groups in total. The maximum absolute atomic E-state index is 15.7. The number of aryl methyl sites for hydroxylation is 1. The number of aliphatic hydroxyl groups is 2. The lowest BCUT2D eigenvalue weighted by Crippen LogP contribution is -2.61. The van der Waals surface area contributed by atoms with Crippen molar-refractivity contribution in [1.82, 2.24) is 97.6 Å². The van der Waals surface area contributed by atoms with E-state index in [1.165, 1.54) is 71.8 Å². The molecule has 132 heavy (non-hydrogen) atoms. The number of H-pyrrole nitrogens is 3. The molecule has 3 fully saturated rings. The fraction of sp³-hybridized carbons (Fsp3) is 0.511. The summed E-state index contributed by atoms with van der Waals surface area (Å²) in [7, 11) is 3.89. The van der Waals surface area contributed by atoms with E-state index in [9.17, 15) is 68.1 Å². The maximum Gasteiger partial charge on any atom is 0.246 e. The number of hydrogen-bond donors (Lipinski definition) is 19. The average molecular weight is 1850 g/mol. The van der Waals surface area contributed by atoms with E-state index in [4.69, 9.17) is 17.2 Å². The van der Waals surface area contributed by atoms with E-state index in [0.717, 1.165) is 36.3 Å². The van der Waals surface area contributed by atoms with Crippen LogP contribution < -0.4 is 70.4 Å². The van der Waals surface area contributed by atoms with E-state index >= 15 is 33.6 Å². The Kier molecular flexibility index (Phi) is 37.1. The lowest BCUT2D eigenvalue weighted by Gasteiger charge is -2.36. The molecule has 3 saturated heterocycles. The normalized spacial score (nSPS) is 25.0. The molecule has 6 heterocycles. The number of hydrogen-bond acceptors (Lipinski definition) is 23. The molecule has 0 saturated carbocycles. The number of aromatic hydroxyl groups is 1. The number of benzene rings is 3. The number of unbranched alkanes of at least 4 members (excludes halogenated alkanes) is 2. The molecule has 44 heteroatoms. The second-order valence-electron chi connectivity index (χ2n) is 33.5. The number of likely N-dealkylation sites (N-methyl/N-ethyl adjacent to an activating group) is 3. The highest BCUT2D eigenvalue weighted by molar-refractivity contribution is 8.00. The van der Waals surface area contributed by atoms with Crippen LogP contribution >= 0.6 is 11.8 Å². The number of aliphatic hydroxyl groups excluding tert-OH is 2. The minimum absolute atomic E-state index is 0.00174. The van der Waals surface area contributed by atoms with E-state index in [0.29, 0.717) is 69.9 Å². The number of carbonyl (C=O) groups excluding carboxylic acids is 18. The van der Waals surface area contributed by atoms with Crippen molar-refractivity contribution in [2.45, 2.75) is 228 Å². The summed E-state index contributed by atoms with van der Waals surface area (Å²) in [5.74, 6) is -18.6. The zero-order valence-corrected chi connectivity index (χ0v) is 75.7. The van der Waals surface area contributed by atoms with E-state index in [1.807, 2.05) is 13.8 Å². The Hall–Kier alpha value is -13.5. The number of fused-ring (bicyclic) bond motifs is 4. The van der Waals surface area contributed by atoms with Gasteiger partial charge >= 0.3 is 0 Å². The molecule has 714 valence electrons. The first-order valence-corrected chi connectivity index (χ1v) is 45.0. The molecule has 3 aromatic heterocycles. The standard InChI is InChI=1S/C88H120N22O21S/c1-9-11-22-67-81(124)97-47(4)75(118)105-66(77(120)94-40-73(91)116)43-132-44-74(117)98-62(32-49-25-27-52(112)28-26-49)84(127)106(6)48(5)76(119)102-64(37-72(90)115)87(130)109-31-17-24-68(109)82(125)101-61(34-51-39-92-45-95-51)79(122)99-59(29-30-71(89)114)86(129)110-41-53(113)35-70(110)83(126)100-60(33-50-38-93-57-20-15-13-18-54(50)57)78(121)104-65(42-111)80(123)103-63(36-56-46(3)96-58-21-16-14-19-55(56)58)85(128)108(8)69(23-12-10-2)88(131)107(67)7/h13-16,18-21,25-28,38-39,45,47-48,53,59-70,93,96,111-113H,9-12,17,22-24,29-37,40-44H2,1-8H3,(H2,89,114)(H2,90,115)(H2,91,116)(H,92,95)(H,94,120)(H,97,124)(H,98,117)(H,99,122)(H,100,126)(H,101,125)(H,102,119)(H,103,123)(H,104,121)(H,105,118)/t47-,48-,53+,59-,60-,61-,62-,63-,64+,65-,66-,67-,68-,69-,70-/m0/s1. The summed E-state index contributed by atoms with van der Waals surface area (Å²) < 4.78 is 0. The Morgan fingerprint density at radius 1 is 0.553 bits per heavy atom. The first kappa shape index (κ1) is 102. The monoisotopic (exact) mass is 1850 g/mol. The van der Waals surface area contributed by atoms with Crippen LogP contribution in [0.4, 0.5) is 0 Å². The van der Waals surface area contributed by atoms with Gasteiger partial charge < -0.3 is 125 Å². The smallest absolute Gasteiger partial charge is 0.246 e. The number of nitrogens with one attached hydrogen (secondary N) is 13. The molecule has 3 aliphatic heterocycles. The molecule has 0 bridgehead atoms. The summed E-state index contributed by atoms with van der Waals surface area (Å²) in [6.07, 6.45) is 0.828. The second-order valence-corrected chi connectivity index (χ2v) is 34.5. The van der Waals surface area contributed by atoms with Gasteiger partial charge in [-0.3, -0.25) is 86.3 Å². The van der Waals surface area contributed by atoms with Gasteiger partial charge in [-0.15, -0.1) is 11.8 Å². The van der Waals surface area contributed by atoms with Crippen molar-refractivity contribution in [2.24, 2.45) is 17.2 Å². The minimum atomic E-state index is -1.91. The SMILES string of the molecule is CCCC[C@H]1C(=O)N(C)[C@@H](CCCC)C(=O)N[C@@H](C)C(=O)N[C@H](C(=O)NCC(N)=O)CSCC(=O)N[C@@H](Cc2ccc(O)cc2)C(=O)N(C)[C@@H](C)C(=O)N[C@H](CC(N)=O)C(=O)N2CCC[C@H]2C(=O)N[C@@H](Cc2cnc[nH]2)C(=O)N[C@@H](CCC(N)=O)C(=O)N2C[C@H](O)C[C@H]2C(=O)N[C@@H](Cc2c[nH]c3ccccc23)C(=O)N[C@@H](CO)C(=O)N[C@@H](Cc2c(C)[nH]c3ccccc23)C(=O)N1C. The number of para-hydroxylation sites is 2. The van der Waals surface area contributed by atoms with E-state index in [-0.39, 0.29) is 69.4 Å². The molecule has 0 aliphatic carbocycles. The van der Waals surface area contributed by atoms with Crippen molar-refractivity contribution in [1.29, 1.82) is 0 Å². The number of rotatable bonds is 23. The summed E-state index contributed by atoms with van der Waals surface area (Å²) >= 11 is 0.771. The van der Waals surface area contributed by atoms with Crippen molar-refractivity contribution >= 4 is 140 Å². The highest BCUT2D eigenvalue weighted by Crippen LogP contribution is 2.29. The Bertz CT molecular complexity index is 5180. The zero-order chi connectivity index (χ0) is 96.5. The van der Waals surface area contributed by atoms with Gasteiger partial charge in [0.15, 0.2) is 0 Å².